The fourth-order valence-electron chi connectivity index (χ4n) is 4.35. The molecule has 0 bridgehead atoms. The number of aromatic nitrogens is 4. The van der Waals surface area contributed by atoms with Gasteiger partial charge in [0.05, 0.1) is 19.3 Å². The van der Waals surface area contributed by atoms with E-state index in [1.165, 1.54) is 11.8 Å². The number of carbonyl (C=O) groups excluding carboxylic acids is 2. The summed E-state index contributed by atoms with van der Waals surface area (Å²) in [5.41, 5.74) is 1.43. The molecule has 2 aromatic heterocycles. The Labute approximate surface area is 197 Å². The first-order valence-corrected chi connectivity index (χ1v) is 11.7. The second kappa shape index (κ2) is 11.1. The summed E-state index contributed by atoms with van der Waals surface area (Å²) in [5.74, 6) is 0.646. The Kier molecular flexibility index (Phi) is 7.69. The Balaban J connectivity index is 1.45. The van der Waals surface area contributed by atoms with Crippen LogP contribution in [0.15, 0.2) is 41.3 Å². The Bertz CT molecular complexity index is 1190. The highest BCUT2D eigenvalue weighted by atomic mass is 16.2. The number of amides is 2. The molecule has 1 saturated heterocycles. The third-order valence-electron chi connectivity index (χ3n) is 6.17. The molecule has 0 aliphatic carbocycles. The minimum absolute atomic E-state index is 0.0428. The predicted molar refractivity (Wildman–Crippen MR) is 128 cm³/mol. The highest BCUT2D eigenvalue weighted by molar-refractivity contribution is 5.78. The molecular weight excluding hydrogens is 434 g/mol. The van der Waals surface area contributed by atoms with Crippen molar-refractivity contribution in [1.82, 2.24) is 35.3 Å². The van der Waals surface area contributed by atoms with Gasteiger partial charge in [0.1, 0.15) is 11.2 Å². The van der Waals surface area contributed by atoms with Crippen LogP contribution in [0, 0.1) is 0 Å². The van der Waals surface area contributed by atoms with Crippen molar-refractivity contribution in [3.05, 3.63) is 58.3 Å². The highest BCUT2D eigenvalue weighted by Gasteiger charge is 2.18. The van der Waals surface area contributed by atoms with Gasteiger partial charge >= 0.3 is 0 Å². The first-order valence-electron chi connectivity index (χ1n) is 11.7. The molecule has 1 aliphatic heterocycles. The van der Waals surface area contributed by atoms with Crippen LogP contribution in [0.3, 0.4) is 0 Å². The van der Waals surface area contributed by atoms with Gasteiger partial charge in [-0.25, -0.2) is 4.98 Å². The van der Waals surface area contributed by atoms with Crippen molar-refractivity contribution >= 4 is 22.8 Å². The summed E-state index contributed by atoms with van der Waals surface area (Å²) < 4.78 is 1.56. The number of fused-ring (bicyclic) bond motifs is 1. The van der Waals surface area contributed by atoms with Crippen molar-refractivity contribution in [3.63, 3.8) is 0 Å². The van der Waals surface area contributed by atoms with E-state index in [4.69, 9.17) is 0 Å². The number of hydrogen-bond donors (Lipinski definition) is 3. The van der Waals surface area contributed by atoms with Gasteiger partial charge in [-0.2, -0.15) is 5.10 Å². The zero-order chi connectivity index (χ0) is 23.9. The lowest BCUT2D eigenvalue weighted by molar-refractivity contribution is -0.123. The molecule has 1 aliphatic rings. The van der Waals surface area contributed by atoms with E-state index < -0.39 is 0 Å². The van der Waals surface area contributed by atoms with Crippen molar-refractivity contribution < 1.29 is 9.59 Å². The lowest BCUT2D eigenvalue weighted by atomic mass is 9.91. The van der Waals surface area contributed by atoms with Gasteiger partial charge in [0.2, 0.25) is 11.8 Å². The molecule has 3 heterocycles. The molecule has 0 saturated carbocycles. The van der Waals surface area contributed by atoms with Crippen molar-refractivity contribution in [2.45, 2.75) is 38.1 Å². The number of H-pyrrole nitrogens is 1. The van der Waals surface area contributed by atoms with Gasteiger partial charge in [0.25, 0.3) is 5.56 Å². The molecule has 2 amide bonds. The second-order valence-corrected chi connectivity index (χ2v) is 8.72. The number of benzene rings is 1. The zero-order valence-corrected chi connectivity index (χ0v) is 19.4. The average molecular weight is 466 g/mol. The summed E-state index contributed by atoms with van der Waals surface area (Å²) in [5, 5.41) is 10.5. The van der Waals surface area contributed by atoms with E-state index in [2.05, 4.69) is 37.8 Å². The van der Waals surface area contributed by atoms with Gasteiger partial charge < -0.3 is 15.6 Å². The molecule has 10 heteroatoms. The van der Waals surface area contributed by atoms with Crippen LogP contribution in [-0.2, 0) is 23.2 Å². The van der Waals surface area contributed by atoms with Crippen molar-refractivity contribution in [3.8, 4) is 0 Å². The molecule has 0 radical (unpaired) electrons. The standard InChI is InChI=1S/C24H31N7O3/c1-30-23-19(14-27-30)24(34)29-20(28-23)15-31-13-5-11-25-21(32)9-8-18(10-12-26-22(33)16-31)17-6-3-2-4-7-17/h2-4,6-7,14,18H,5,8-13,15-16H2,1H3,(H,25,32)(H,26,33)(H,28,29,34). The Morgan fingerprint density at radius 3 is 2.65 bits per heavy atom. The molecule has 180 valence electrons. The molecule has 1 unspecified atom stereocenters. The molecule has 1 atom stereocenters. The second-order valence-electron chi connectivity index (χ2n) is 8.72. The van der Waals surface area contributed by atoms with E-state index >= 15 is 0 Å². The van der Waals surface area contributed by atoms with E-state index in [0.717, 1.165) is 12.8 Å². The minimum atomic E-state index is -0.251. The van der Waals surface area contributed by atoms with Crippen LogP contribution in [0.5, 0.6) is 0 Å². The SMILES string of the molecule is Cn1ncc2c(=O)[nH]c(CN3CCCNC(=O)CCC(c4ccccc4)CCNC(=O)C3)nc21. The molecule has 3 N–H and O–H groups in total. The summed E-state index contributed by atoms with van der Waals surface area (Å²) >= 11 is 0. The normalized spacial score (nSPS) is 19.4. The fraction of sp³-hybridized carbons (Fsp3) is 0.458. The average Bonchev–Trinajstić information content (AvgIpc) is 3.20. The molecule has 34 heavy (non-hydrogen) atoms. The lowest BCUT2D eigenvalue weighted by Gasteiger charge is -2.23. The monoisotopic (exact) mass is 465 g/mol. The van der Waals surface area contributed by atoms with Crippen molar-refractivity contribution in [2.24, 2.45) is 7.05 Å². The maximum atomic E-state index is 12.7. The van der Waals surface area contributed by atoms with E-state index in [0.29, 0.717) is 55.9 Å². The molecule has 0 spiro atoms. The summed E-state index contributed by atoms with van der Waals surface area (Å²) in [7, 11) is 1.74. The largest absolute Gasteiger partial charge is 0.356 e. The number of rotatable bonds is 3. The van der Waals surface area contributed by atoms with Gasteiger partial charge in [-0.15, -0.1) is 0 Å². The molecule has 4 rings (SSSR count). The Morgan fingerprint density at radius 2 is 1.82 bits per heavy atom. The van der Waals surface area contributed by atoms with Crippen molar-refractivity contribution in [2.75, 3.05) is 26.2 Å². The number of nitrogens with zero attached hydrogens (tertiary/aromatic N) is 4. The van der Waals surface area contributed by atoms with E-state index in [-0.39, 0.29) is 29.8 Å². The van der Waals surface area contributed by atoms with E-state index in [1.54, 1.807) is 11.7 Å². The van der Waals surface area contributed by atoms with Crippen LogP contribution in [-0.4, -0.2) is 62.6 Å². The summed E-state index contributed by atoms with van der Waals surface area (Å²) in [4.78, 5) is 46.7. The van der Waals surface area contributed by atoms with Gasteiger partial charge in [0, 0.05) is 33.1 Å². The van der Waals surface area contributed by atoms with Crippen LogP contribution in [0.25, 0.3) is 11.0 Å². The lowest BCUT2D eigenvalue weighted by Crippen LogP contribution is -2.39. The number of hydrogen-bond acceptors (Lipinski definition) is 6. The van der Waals surface area contributed by atoms with Crippen molar-refractivity contribution in [1.29, 1.82) is 0 Å². The smallest absolute Gasteiger partial charge is 0.262 e. The number of aryl methyl sites for hydroxylation is 1. The number of carbonyl (C=O) groups is 2. The summed E-state index contributed by atoms with van der Waals surface area (Å²) in [6, 6.07) is 10.1. The van der Waals surface area contributed by atoms with Gasteiger partial charge in [0.15, 0.2) is 5.65 Å². The van der Waals surface area contributed by atoms with Crippen LogP contribution in [0.4, 0.5) is 0 Å². The van der Waals surface area contributed by atoms with Crippen LogP contribution in [0.1, 0.15) is 43.0 Å². The van der Waals surface area contributed by atoms with Crippen LogP contribution < -0.4 is 16.2 Å². The predicted octanol–water partition coefficient (Wildman–Crippen LogP) is 1.05. The zero-order valence-electron chi connectivity index (χ0n) is 19.4. The molecular formula is C24H31N7O3. The van der Waals surface area contributed by atoms with E-state index in [9.17, 15) is 14.4 Å². The number of aromatic amines is 1. The number of nitrogens with one attached hydrogen (secondary N) is 3. The third kappa shape index (κ3) is 6.07. The Hall–Kier alpha value is -3.53. The van der Waals surface area contributed by atoms with Gasteiger partial charge in [-0.3, -0.25) is 24.0 Å². The third-order valence-corrected chi connectivity index (χ3v) is 6.17. The molecule has 3 aromatic rings. The van der Waals surface area contributed by atoms with Gasteiger partial charge in [-0.05, 0) is 30.7 Å². The van der Waals surface area contributed by atoms with E-state index in [1.807, 2.05) is 23.1 Å². The Morgan fingerprint density at radius 1 is 1.03 bits per heavy atom. The van der Waals surface area contributed by atoms with Gasteiger partial charge in [-0.1, -0.05) is 30.3 Å². The topological polar surface area (TPSA) is 125 Å². The molecule has 1 aromatic carbocycles. The quantitative estimate of drug-likeness (QED) is 0.531. The van der Waals surface area contributed by atoms with Crippen LogP contribution in [0.2, 0.25) is 0 Å². The maximum absolute atomic E-state index is 12.7. The highest BCUT2D eigenvalue weighted by Crippen LogP contribution is 2.24. The summed E-state index contributed by atoms with van der Waals surface area (Å²) in [6.45, 7) is 2.12. The van der Waals surface area contributed by atoms with Crippen LogP contribution >= 0.6 is 0 Å². The summed E-state index contributed by atoms with van der Waals surface area (Å²) in [6.07, 6.45) is 4.13. The fourth-order valence-corrected chi connectivity index (χ4v) is 4.35. The first kappa shape index (κ1) is 23.6. The first-order chi connectivity index (χ1) is 16.5. The maximum Gasteiger partial charge on any atom is 0.262 e. The molecule has 10 nitrogen and oxygen atoms in total. The molecule has 1 fully saturated rings. The minimum Gasteiger partial charge on any atom is -0.356 e.